The molecule has 2 aromatic heterocycles. The van der Waals surface area contributed by atoms with Gasteiger partial charge in [-0.2, -0.15) is 0 Å². The van der Waals surface area contributed by atoms with E-state index < -0.39 is 0 Å². The molecule has 3 nitrogen and oxygen atoms in total. The number of fused-ring (bicyclic) bond motifs is 1. The molecule has 0 saturated heterocycles. The molecule has 0 atom stereocenters. The summed E-state index contributed by atoms with van der Waals surface area (Å²) >= 11 is 1.90. The summed E-state index contributed by atoms with van der Waals surface area (Å²) in [5, 5.41) is 1.82. The quantitative estimate of drug-likeness (QED) is 0.882. The molecule has 2 heterocycles. The summed E-state index contributed by atoms with van der Waals surface area (Å²) in [7, 11) is 0. The second-order valence-corrected chi connectivity index (χ2v) is 6.81. The average Bonchev–Trinajstić information content (AvgIpc) is 2.92. The van der Waals surface area contributed by atoms with Gasteiger partial charge in [0, 0.05) is 11.4 Å². The van der Waals surface area contributed by atoms with Crippen molar-refractivity contribution in [3.63, 3.8) is 0 Å². The molecular formula is C13H15N3S. The van der Waals surface area contributed by atoms with Gasteiger partial charge in [0.1, 0.15) is 0 Å². The molecule has 88 valence electrons. The summed E-state index contributed by atoms with van der Waals surface area (Å²) in [5.41, 5.74) is 3.95. The molecule has 0 aromatic carbocycles. The van der Waals surface area contributed by atoms with Crippen LogP contribution in [0.5, 0.6) is 0 Å². The van der Waals surface area contributed by atoms with Crippen LogP contribution in [0.2, 0.25) is 0 Å². The minimum atomic E-state index is 0.776. The molecule has 1 spiro atoms. The van der Waals surface area contributed by atoms with E-state index in [0.29, 0.717) is 0 Å². The number of aryl methyl sites for hydroxylation is 1. The van der Waals surface area contributed by atoms with Crippen LogP contribution in [0.1, 0.15) is 31.2 Å². The summed E-state index contributed by atoms with van der Waals surface area (Å²) in [6, 6.07) is 2.03. The Bertz CT molecular complexity index is 577. The molecule has 2 saturated carbocycles. The van der Waals surface area contributed by atoms with E-state index in [4.69, 9.17) is 0 Å². The predicted octanol–water partition coefficient (Wildman–Crippen LogP) is 3.30. The average molecular weight is 245 g/mol. The fraction of sp³-hybridized carbons (Fsp3) is 0.538. The lowest BCUT2D eigenvalue weighted by Gasteiger charge is -2.34. The Labute approximate surface area is 104 Å². The molecule has 0 radical (unpaired) electrons. The van der Waals surface area contributed by atoms with Gasteiger partial charge in [-0.3, -0.25) is 0 Å². The number of aromatic nitrogens is 3. The van der Waals surface area contributed by atoms with Gasteiger partial charge in [-0.05, 0) is 49.7 Å². The van der Waals surface area contributed by atoms with Crippen molar-refractivity contribution in [2.75, 3.05) is 0 Å². The van der Waals surface area contributed by atoms with Crippen LogP contribution in [-0.2, 0) is 0 Å². The van der Waals surface area contributed by atoms with Gasteiger partial charge in [0.15, 0.2) is 10.8 Å². The Morgan fingerprint density at radius 1 is 1.41 bits per heavy atom. The van der Waals surface area contributed by atoms with Crippen molar-refractivity contribution in [3.8, 4) is 0 Å². The van der Waals surface area contributed by atoms with E-state index in [1.807, 2.05) is 24.0 Å². The van der Waals surface area contributed by atoms with Gasteiger partial charge in [0.05, 0.1) is 5.52 Å². The molecule has 1 N–H and O–H groups in total. The maximum absolute atomic E-state index is 4.56. The fourth-order valence-electron chi connectivity index (χ4n) is 2.80. The maximum atomic E-state index is 4.56. The molecule has 0 aliphatic heterocycles. The van der Waals surface area contributed by atoms with Crippen molar-refractivity contribution in [2.24, 2.45) is 5.41 Å². The zero-order valence-electron chi connectivity index (χ0n) is 9.86. The van der Waals surface area contributed by atoms with Crippen LogP contribution in [0.4, 0.5) is 0 Å². The van der Waals surface area contributed by atoms with Crippen LogP contribution in [0, 0.1) is 12.3 Å². The van der Waals surface area contributed by atoms with Gasteiger partial charge in [0.25, 0.3) is 0 Å². The molecule has 2 aliphatic carbocycles. The van der Waals surface area contributed by atoms with Gasteiger partial charge in [-0.25, -0.2) is 9.97 Å². The SMILES string of the molecule is Cc1ccnc2nc(SC3CC4(CC4)C3)[nH]c12. The van der Waals surface area contributed by atoms with Gasteiger partial charge in [-0.15, -0.1) is 0 Å². The Morgan fingerprint density at radius 2 is 2.24 bits per heavy atom. The Morgan fingerprint density at radius 3 is 2.94 bits per heavy atom. The molecule has 2 aromatic rings. The minimum absolute atomic E-state index is 0.776. The van der Waals surface area contributed by atoms with Crippen LogP contribution >= 0.6 is 11.8 Å². The number of aromatic amines is 1. The molecular weight excluding hydrogens is 230 g/mol. The van der Waals surface area contributed by atoms with Gasteiger partial charge in [-0.1, -0.05) is 11.8 Å². The predicted molar refractivity (Wildman–Crippen MR) is 69.2 cm³/mol. The largest absolute Gasteiger partial charge is 0.331 e. The van der Waals surface area contributed by atoms with Gasteiger partial charge in [0.2, 0.25) is 0 Å². The van der Waals surface area contributed by atoms with Crippen LogP contribution in [-0.4, -0.2) is 20.2 Å². The normalized spacial score (nSPS) is 21.9. The molecule has 0 unspecified atom stereocenters. The third-order valence-corrected chi connectivity index (χ3v) is 5.22. The Balaban J connectivity index is 1.57. The van der Waals surface area contributed by atoms with Gasteiger partial charge >= 0.3 is 0 Å². The van der Waals surface area contributed by atoms with Crippen molar-refractivity contribution in [1.29, 1.82) is 0 Å². The Hall–Kier alpha value is -1.03. The second-order valence-electron chi connectivity index (χ2n) is 5.52. The lowest BCUT2D eigenvalue weighted by atomic mass is 9.81. The zero-order valence-corrected chi connectivity index (χ0v) is 10.7. The van der Waals surface area contributed by atoms with E-state index in [2.05, 4.69) is 21.9 Å². The fourth-order valence-corrected chi connectivity index (χ4v) is 4.29. The summed E-state index contributed by atoms with van der Waals surface area (Å²) in [6.07, 6.45) is 7.54. The van der Waals surface area contributed by atoms with Crippen molar-refractivity contribution >= 4 is 22.9 Å². The summed E-state index contributed by atoms with van der Waals surface area (Å²) in [6.45, 7) is 2.10. The highest BCUT2D eigenvalue weighted by Gasteiger charge is 2.53. The van der Waals surface area contributed by atoms with E-state index in [9.17, 15) is 0 Å². The number of hydrogen-bond acceptors (Lipinski definition) is 3. The van der Waals surface area contributed by atoms with E-state index in [-0.39, 0.29) is 0 Å². The number of pyridine rings is 1. The highest BCUT2D eigenvalue weighted by atomic mass is 32.2. The lowest BCUT2D eigenvalue weighted by molar-refractivity contribution is 0.302. The number of thioether (sulfide) groups is 1. The lowest BCUT2D eigenvalue weighted by Crippen LogP contribution is -2.27. The molecule has 4 rings (SSSR count). The summed E-state index contributed by atoms with van der Waals surface area (Å²) in [4.78, 5) is 12.3. The third kappa shape index (κ3) is 1.58. The number of H-pyrrole nitrogens is 1. The van der Waals surface area contributed by atoms with E-state index in [1.54, 1.807) is 0 Å². The monoisotopic (exact) mass is 245 g/mol. The maximum Gasteiger partial charge on any atom is 0.178 e. The van der Waals surface area contributed by atoms with E-state index in [0.717, 1.165) is 27.0 Å². The van der Waals surface area contributed by atoms with Crippen molar-refractivity contribution in [3.05, 3.63) is 17.8 Å². The minimum Gasteiger partial charge on any atom is -0.331 e. The third-order valence-electron chi connectivity index (χ3n) is 4.14. The molecule has 2 aliphatic rings. The van der Waals surface area contributed by atoms with Crippen LogP contribution in [0.3, 0.4) is 0 Å². The molecule has 0 bridgehead atoms. The van der Waals surface area contributed by atoms with Crippen molar-refractivity contribution in [2.45, 2.75) is 43.0 Å². The molecule has 17 heavy (non-hydrogen) atoms. The van der Waals surface area contributed by atoms with Crippen molar-refractivity contribution in [1.82, 2.24) is 15.0 Å². The first kappa shape index (κ1) is 9.95. The van der Waals surface area contributed by atoms with Crippen LogP contribution in [0.25, 0.3) is 11.2 Å². The number of rotatable bonds is 2. The second kappa shape index (κ2) is 3.25. The highest BCUT2D eigenvalue weighted by Crippen LogP contribution is 2.64. The van der Waals surface area contributed by atoms with Crippen LogP contribution < -0.4 is 0 Å². The Kier molecular flexibility index (Phi) is 1.90. The highest BCUT2D eigenvalue weighted by molar-refractivity contribution is 7.99. The molecule has 4 heteroatoms. The van der Waals surface area contributed by atoms with Crippen LogP contribution in [0.15, 0.2) is 17.4 Å². The standard InChI is InChI=1S/C13H15N3S/c1-8-2-5-14-11-10(8)15-12(16-11)17-9-6-13(7-9)3-4-13/h2,5,9H,3-4,6-7H2,1H3,(H,14,15,16). The summed E-state index contributed by atoms with van der Waals surface area (Å²) < 4.78 is 0. The molecule has 2 fully saturated rings. The van der Waals surface area contributed by atoms with Gasteiger partial charge < -0.3 is 4.98 Å². The first-order valence-corrected chi connectivity index (χ1v) is 7.10. The van der Waals surface area contributed by atoms with E-state index >= 15 is 0 Å². The topological polar surface area (TPSA) is 41.6 Å². The summed E-state index contributed by atoms with van der Waals surface area (Å²) in [5.74, 6) is 0. The number of nitrogens with zero attached hydrogens (tertiary/aromatic N) is 2. The van der Waals surface area contributed by atoms with E-state index in [1.165, 1.54) is 31.2 Å². The number of hydrogen-bond donors (Lipinski definition) is 1. The number of nitrogens with one attached hydrogen (secondary N) is 1. The first-order chi connectivity index (χ1) is 8.24. The first-order valence-electron chi connectivity index (χ1n) is 6.22. The molecule has 0 amide bonds. The van der Waals surface area contributed by atoms with Crippen molar-refractivity contribution < 1.29 is 0 Å². The number of imidazole rings is 1. The smallest absolute Gasteiger partial charge is 0.178 e. The zero-order chi connectivity index (χ0) is 11.5.